The van der Waals surface area contributed by atoms with Crippen molar-refractivity contribution < 1.29 is 19.1 Å². The maximum atomic E-state index is 13.0. The topological polar surface area (TPSA) is 92.5 Å². The number of carbonyl (C=O) groups excluding carboxylic acids is 2. The molecule has 0 fully saturated rings. The normalized spacial score (nSPS) is 11.1. The number of amides is 1. The Morgan fingerprint density at radius 2 is 1.77 bits per heavy atom. The van der Waals surface area contributed by atoms with Crippen LogP contribution in [0.3, 0.4) is 0 Å². The highest BCUT2D eigenvalue weighted by molar-refractivity contribution is 6.01. The molecule has 7 nitrogen and oxygen atoms in total. The van der Waals surface area contributed by atoms with Gasteiger partial charge in [0.25, 0.3) is 5.91 Å². The van der Waals surface area contributed by atoms with Crippen LogP contribution in [0.25, 0.3) is 0 Å². The number of aromatic nitrogens is 1. The van der Waals surface area contributed by atoms with Gasteiger partial charge in [0.2, 0.25) is 0 Å². The molecule has 2 aromatic rings. The van der Waals surface area contributed by atoms with Gasteiger partial charge in [-0.1, -0.05) is 13.8 Å². The van der Waals surface area contributed by atoms with Crippen LogP contribution < -0.4 is 15.4 Å². The molecule has 164 valence electrons. The lowest BCUT2D eigenvalue weighted by Crippen LogP contribution is -2.43. The number of H-pyrrole nitrogens is 1. The van der Waals surface area contributed by atoms with E-state index in [1.54, 1.807) is 14.0 Å². The third-order valence-electron chi connectivity index (χ3n) is 5.14. The van der Waals surface area contributed by atoms with Crippen molar-refractivity contribution >= 4 is 17.6 Å². The molecule has 0 radical (unpaired) electrons. The van der Waals surface area contributed by atoms with Crippen molar-refractivity contribution in [1.29, 1.82) is 0 Å². The molecule has 0 spiro atoms. The minimum atomic E-state index is -0.425. The summed E-state index contributed by atoms with van der Waals surface area (Å²) in [5, 5.41) is 6.32. The zero-order valence-electron chi connectivity index (χ0n) is 18.8. The summed E-state index contributed by atoms with van der Waals surface area (Å²) in [7, 11) is 1.62. The number of aromatic amines is 1. The first-order chi connectivity index (χ1) is 14.3. The Hall–Kier alpha value is -2.96. The third-order valence-corrected chi connectivity index (χ3v) is 5.14. The van der Waals surface area contributed by atoms with E-state index in [9.17, 15) is 9.59 Å². The number of benzene rings is 1. The minimum Gasteiger partial charge on any atom is -0.497 e. The van der Waals surface area contributed by atoms with Gasteiger partial charge in [-0.15, -0.1) is 0 Å². The molecule has 1 aromatic heterocycles. The van der Waals surface area contributed by atoms with Gasteiger partial charge in [0.15, 0.2) is 0 Å². The molecule has 0 saturated heterocycles. The molecule has 1 heterocycles. The summed E-state index contributed by atoms with van der Waals surface area (Å²) < 4.78 is 10.5. The molecule has 2 rings (SSSR count). The van der Waals surface area contributed by atoms with E-state index in [2.05, 4.69) is 15.6 Å². The van der Waals surface area contributed by atoms with E-state index in [0.717, 1.165) is 17.9 Å². The number of ether oxygens (including phenoxy) is 2. The zero-order chi connectivity index (χ0) is 22.3. The Morgan fingerprint density at radius 1 is 1.10 bits per heavy atom. The maximum absolute atomic E-state index is 13.0. The molecule has 0 aliphatic heterocycles. The molecule has 3 N–H and O–H groups in total. The fourth-order valence-electron chi connectivity index (χ4n) is 3.08. The molecular weight excluding hydrogens is 382 g/mol. The van der Waals surface area contributed by atoms with E-state index in [1.165, 1.54) is 0 Å². The summed E-state index contributed by atoms with van der Waals surface area (Å²) in [6.45, 7) is 10.3. The molecule has 1 aromatic carbocycles. The SMILES string of the molecule is CCOC(=O)c1c(CNc2ccc(OC)cc2)[nH]c(C(=O)NC(C)(C)CC)c1CC. The quantitative estimate of drug-likeness (QED) is 0.503. The van der Waals surface area contributed by atoms with E-state index < -0.39 is 5.97 Å². The third kappa shape index (κ3) is 5.55. The number of anilines is 1. The molecule has 0 atom stereocenters. The van der Waals surface area contributed by atoms with Crippen molar-refractivity contribution in [2.24, 2.45) is 0 Å². The molecule has 0 bridgehead atoms. The number of methoxy groups -OCH3 is 1. The second kappa shape index (κ2) is 10.2. The fourth-order valence-corrected chi connectivity index (χ4v) is 3.08. The predicted octanol–water partition coefficient (Wildman–Crippen LogP) is 4.29. The average Bonchev–Trinajstić information content (AvgIpc) is 3.11. The number of nitrogens with one attached hydrogen (secondary N) is 3. The van der Waals surface area contributed by atoms with Crippen LogP contribution in [-0.4, -0.2) is 36.1 Å². The molecule has 7 heteroatoms. The lowest BCUT2D eigenvalue weighted by molar-refractivity contribution is 0.0524. The summed E-state index contributed by atoms with van der Waals surface area (Å²) in [4.78, 5) is 28.8. The van der Waals surface area contributed by atoms with Gasteiger partial charge in [-0.2, -0.15) is 0 Å². The number of esters is 1. The standard InChI is InChI=1S/C23H33N3O4/c1-7-17-19(22(28)30-9-3)18(14-24-15-10-12-16(29-6)13-11-15)25-20(17)21(27)26-23(4,5)8-2/h10-13,24-25H,7-9,14H2,1-6H3,(H,26,27). The number of carbonyl (C=O) groups is 2. The van der Waals surface area contributed by atoms with Crippen molar-refractivity contribution in [3.05, 3.63) is 46.8 Å². The minimum absolute atomic E-state index is 0.222. The molecule has 0 aliphatic carbocycles. The van der Waals surface area contributed by atoms with E-state index in [4.69, 9.17) is 9.47 Å². The summed E-state index contributed by atoms with van der Waals surface area (Å²) in [6, 6.07) is 7.49. The van der Waals surface area contributed by atoms with E-state index in [-0.39, 0.29) is 18.1 Å². The van der Waals surface area contributed by atoms with Crippen LogP contribution in [0.1, 0.15) is 73.1 Å². The van der Waals surface area contributed by atoms with Crippen LogP contribution in [0, 0.1) is 0 Å². The van der Waals surface area contributed by atoms with Gasteiger partial charge in [0, 0.05) is 16.9 Å². The summed E-state index contributed by atoms with van der Waals surface area (Å²) in [5.74, 6) is 0.115. The molecule has 0 saturated carbocycles. The highest BCUT2D eigenvalue weighted by atomic mass is 16.5. The molecule has 1 amide bonds. The Morgan fingerprint density at radius 3 is 2.30 bits per heavy atom. The fraction of sp³-hybridized carbons (Fsp3) is 0.478. The van der Waals surface area contributed by atoms with Gasteiger partial charge in [0.05, 0.1) is 25.8 Å². The predicted molar refractivity (Wildman–Crippen MR) is 118 cm³/mol. The van der Waals surface area contributed by atoms with Crippen molar-refractivity contribution in [1.82, 2.24) is 10.3 Å². The van der Waals surface area contributed by atoms with E-state index in [0.29, 0.717) is 35.5 Å². The van der Waals surface area contributed by atoms with Gasteiger partial charge in [-0.25, -0.2) is 4.79 Å². The highest BCUT2D eigenvalue weighted by Gasteiger charge is 2.28. The first kappa shape index (κ1) is 23.3. The number of hydrogen-bond donors (Lipinski definition) is 3. The Labute approximate surface area is 178 Å². The summed E-state index contributed by atoms with van der Waals surface area (Å²) in [6.07, 6.45) is 1.32. The van der Waals surface area contributed by atoms with Crippen LogP contribution in [-0.2, 0) is 17.7 Å². The van der Waals surface area contributed by atoms with Gasteiger partial charge in [-0.05, 0) is 63.4 Å². The second-order valence-corrected chi connectivity index (χ2v) is 7.68. The van der Waals surface area contributed by atoms with Gasteiger partial charge in [0.1, 0.15) is 11.4 Å². The summed E-state index contributed by atoms with van der Waals surface area (Å²) >= 11 is 0. The smallest absolute Gasteiger partial charge is 0.340 e. The Bertz CT molecular complexity index is 869. The lowest BCUT2D eigenvalue weighted by atomic mass is 10.0. The lowest BCUT2D eigenvalue weighted by Gasteiger charge is -2.24. The number of rotatable bonds is 10. The van der Waals surface area contributed by atoms with Crippen molar-refractivity contribution in [2.45, 2.75) is 59.5 Å². The monoisotopic (exact) mass is 415 g/mol. The number of hydrogen-bond acceptors (Lipinski definition) is 5. The van der Waals surface area contributed by atoms with Crippen molar-refractivity contribution in [2.75, 3.05) is 19.0 Å². The molecule has 30 heavy (non-hydrogen) atoms. The van der Waals surface area contributed by atoms with E-state index in [1.807, 2.05) is 52.0 Å². The van der Waals surface area contributed by atoms with Crippen molar-refractivity contribution in [3.63, 3.8) is 0 Å². The van der Waals surface area contributed by atoms with Crippen LogP contribution >= 0.6 is 0 Å². The van der Waals surface area contributed by atoms with Crippen LogP contribution in [0.15, 0.2) is 24.3 Å². The van der Waals surface area contributed by atoms with Crippen LogP contribution in [0.5, 0.6) is 5.75 Å². The van der Waals surface area contributed by atoms with Gasteiger partial charge < -0.3 is 25.1 Å². The van der Waals surface area contributed by atoms with Gasteiger partial charge in [-0.3, -0.25) is 4.79 Å². The largest absolute Gasteiger partial charge is 0.497 e. The Balaban J connectivity index is 2.37. The highest BCUT2D eigenvalue weighted by Crippen LogP contribution is 2.24. The second-order valence-electron chi connectivity index (χ2n) is 7.68. The molecule has 0 aliphatic rings. The average molecular weight is 416 g/mol. The maximum Gasteiger partial charge on any atom is 0.340 e. The first-order valence-electron chi connectivity index (χ1n) is 10.4. The zero-order valence-corrected chi connectivity index (χ0v) is 18.8. The van der Waals surface area contributed by atoms with E-state index >= 15 is 0 Å². The Kier molecular flexibility index (Phi) is 7.92. The van der Waals surface area contributed by atoms with Gasteiger partial charge >= 0.3 is 5.97 Å². The molecule has 0 unspecified atom stereocenters. The molecular formula is C23H33N3O4. The van der Waals surface area contributed by atoms with Crippen molar-refractivity contribution in [3.8, 4) is 5.75 Å². The van der Waals surface area contributed by atoms with Crippen LogP contribution in [0.2, 0.25) is 0 Å². The van der Waals surface area contributed by atoms with Crippen LogP contribution in [0.4, 0.5) is 5.69 Å². The summed E-state index contributed by atoms with van der Waals surface area (Å²) in [5.41, 5.74) is 2.66. The first-order valence-corrected chi connectivity index (χ1v) is 10.4.